The van der Waals surface area contributed by atoms with Crippen LogP contribution >= 0.6 is 0 Å². The minimum Gasteiger partial charge on any atom is -0.346 e. The van der Waals surface area contributed by atoms with Gasteiger partial charge in [0.15, 0.2) is 0 Å². The van der Waals surface area contributed by atoms with E-state index >= 15 is 0 Å². The number of carbonyl (C=O) groups excluding carboxylic acids is 1. The molecule has 3 heterocycles. The number of amides is 1. The number of nitrogens with zero attached hydrogens (tertiary/aromatic N) is 5. The number of anilines is 1. The van der Waals surface area contributed by atoms with E-state index in [0.717, 1.165) is 38.4 Å². The molecule has 3 rings (SSSR count). The first-order chi connectivity index (χ1) is 12.2. The predicted octanol–water partition coefficient (Wildman–Crippen LogP) is 1.25. The summed E-state index contributed by atoms with van der Waals surface area (Å²) in [6, 6.07) is 5.63. The fraction of sp³-hybridized carbons (Fsp3) is 0.444. The monoisotopic (exact) mass is 340 g/mol. The van der Waals surface area contributed by atoms with Gasteiger partial charge in [-0.3, -0.25) is 9.78 Å². The fourth-order valence-corrected chi connectivity index (χ4v) is 2.86. The van der Waals surface area contributed by atoms with E-state index < -0.39 is 0 Å². The second-order valence-corrected chi connectivity index (χ2v) is 6.09. The van der Waals surface area contributed by atoms with E-state index in [4.69, 9.17) is 0 Å². The average Bonchev–Trinajstić information content (AvgIpc) is 2.67. The first-order valence-corrected chi connectivity index (χ1v) is 8.66. The third-order valence-corrected chi connectivity index (χ3v) is 4.47. The average molecular weight is 340 g/mol. The summed E-state index contributed by atoms with van der Waals surface area (Å²) in [6.45, 7) is 9.36. The second-order valence-electron chi connectivity index (χ2n) is 6.09. The maximum absolute atomic E-state index is 12.4. The molecule has 1 aliphatic heterocycles. The van der Waals surface area contributed by atoms with Crippen LogP contribution in [0.5, 0.6) is 0 Å². The number of aryl methyl sites for hydroxylation is 1. The van der Waals surface area contributed by atoms with Crippen LogP contribution in [-0.2, 0) is 6.54 Å². The van der Waals surface area contributed by atoms with Gasteiger partial charge in [0, 0.05) is 38.6 Å². The highest BCUT2D eigenvalue weighted by Crippen LogP contribution is 2.14. The number of rotatable bonds is 5. The number of carbonyl (C=O) groups is 1. The first kappa shape index (κ1) is 17.3. The molecule has 0 spiro atoms. The SMILES string of the molecule is CCN1CCN(c2ncc(C(=O)NCc3ccccn3)c(C)n2)CC1. The topological polar surface area (TPSA) is 74.2 Å². The van der Waals surface area contributed by atoms with Crippen LogP contribution in [0.15, 0.2) is 30.6 Å². The summed E-state index contributed by atoms with van der Waals surface area (Å²) in [6.07, 6.45) is 3.33. The molecule has 0 aromatic carbocycles. The molecular weight excluding hydrogens is 316 g/mol. The largest absolute Gasteiger partial charge is 0.346 e. The first-order valence-electron chi connectivity index (χ1n) is 8.66. The van der Waals surface area contributed by atoms with Crippen molar-refractivity contribution < 1.29 is 4.79 Å². The standard InChI is InChI=1S/C18H24N6O/c1-3-23-8-10-24(11-9-23)18-21-13-16(14(2)22-18)17(25)20-12-15-6-4-5-7-19-15/h4-7,13H,3,8-12H2,1-2H3,(H,20,25). The van der Waals surface area contributed by atoms with Crippen molar-refractivity contribution in [2.24, 2.45) is 0 Å². The molecular formula is C18H24N6O. The minimum absolute atomic E-state index is 0.175. The van der Waals surface area contributed by atoms with Gasteiger partial charge < -0.3 is 15.1 Å². The van der Waals surface area contributed by atoms with Gasteiger partial charge in [-0.15, -0.1) is 0 Å². The van der Waals surface area contributed by atoms with Crippen molar-refractivity contribution >= 4 is 11.9 Å². The van der Waals surface area contributed by atoms with Crippen LogP contribution in [0.3, 0.4) is 0 Å². The van der Waals surface area contributed by atoms with Crippen molar-refractivity contribution in [2.45, 2.75) is 20.4 Å². The van der Waals surface area contributed by atoms with Crippen LogP contribution < -0.4 is 10.2 Å². The number of nitrogens with one attached hydrogen (secondary N) is 1. The summed E-state index contributed by atoms with van der Waals surface area (Å²) in [5.41, 5.74) is 2.02. The number of hydrogen-bond donors (Lipinski definition) is 1. The van der Waals surface area contributed by atoms with Gasteiger partial charge in [0.25, 0.3) is 5.91 Å². The van der Waals surface area contributed by atoms with Crippen molar-refractivity contribution in [3.8, 4) is 0 Å². The number of piperazine rings is 1. The van der Waals surface area contributed by atoms with E-state index in [2.05, 4.69) is 37.0 Å². The lowest BCUT2D eigenvalue weighted by Gasteiger charge is -2.34. The van der Waals surface area contributed by atoms with E-state index in [0.29, 0.717) is 23.8 Å². The minimum atomic E-state index is -0.175. The molecule has 25 heavy (non-hydrogen) atoms. The fourth-order valence-electron chi connectivity index (χ4n) is 2.86. The summed E-state index contributed by atoms with van der Waals surface area (Å²) >= 11 is 0. The second kappa shape index (κ2) is 8.02. The van der Waals surface area contributed by atoms with Crippen molar-refractivity contribution in [3.63, 3.8) is 0 Å². The highest BCUT2D eigenvalue weighted by atomic mass is 16.1. The Kier molecular flexibility index (Phi) is 5.55. The van der Waals surface area contributed by atoms with Crippen LogP contribution in [-0.4, -0.2) is 58.5 Å². The van der Waals surface area contributed by atoms with Crippen LogP contribution in [0.25, 0.3) is 0 Å². The highest BCUT2D eigenvalue weighted by molar-refractivity contribution is 5.94. The van der Waals surface area contributed by atoms with Crippen molar-refractivity contribution in [2.75, 3.05) is 37.6 Å². The highest BCUT2D eigenvalue weighted by Gasteiger charge is 2.19. The van der Waals surface area contributed by atoms with E-state index in [9.17, 15) is 4.79 Å². The third-order valence-electron chi connectivity index (χ3n) is 4.47. The van der Waals surface area contributed by atoms with Crippen LogP contribution in [0.2, 0.25) is 0 Å². The molecule has 1 fully saturated rings. The Balaban J connectivity index is 1.62. The van der Waals surface area contributed by atoms with E-state index in [-0.39, 0.29) is 5.91 Å². The van der Waals surface area contributed by atoms with E-state index in [1.807, 2.05) is 25.1 Å². The molecule has 132 valence electrons. The Labute approximate surface area is 148 Å². The summed E-state index contributed by atoms with van der Waals surface area (Å²) < 4.78 is 0. The predicted molar refractivity (Wildman–Crippen MR) is 96.5 cm³/mol. The summed E-state index contributed by atoms with van der Waals surface area (Å²) in [5, 5.41) is 2.87. The van der Waals surface area contributed by atoms with Gasteiger partial charge in [-0.05, 0) is 25.6 Å². The van der Waals surface area contributed by atoms with Crippen molar-refractivity contribution in [3.05, 3.63) is 47.5 Å². The number of hydrogen-bond acceptors (Lipinski definition) is 6. The molecule has 0 aliphatic carbocycles. The van der Waals surface area contributed by atoms with Crippen LogP contribution in [0.4, 0.5) is 5.95 Å². The number of aromatic nitrogens is 3. The Morgan fingerprint density at radius 3 is 2.64 bits per heavy atom. The van der Waals surface area contributed by atoms with Gasteiger partial charge in [-0.25, -0.2) is 9.97 Å². The van der Waals surface area contributed by atoms with Gasteiger partial charge in [-0.2, -0.15) is 0 Å². The maximum atomic E-state index is 12.4. The Morgan fingerprint density at radius 2 is 2.00 bits per heavy atom. The maximum Gasteiger partial charge on any atom is 0.255 e. The normalized spacial score (nSPS) is 15.2. The molecule has 0 radical (unpaired) electrons. The molecule has 7 nitrogen and oxygen atoms in total. The lowest BCUT2D eigenvalue weighted by atomic mass is 10.2. The lowest BCUT2D eigenvalue weighted by Crippen LogP contribution is -2.46. The van der Waals surface area contributed by atoms with Gasteiger partial charge in [0.2, 0.25) is 5.95 Å². The molecule has 2 aromatic rings. The Morgan fingerprint density at radius 1 is 1.20 bits per heavy atom. The molecule has 0 atom stereocenters. The van der Waals surface area contributed by atoms with Gasteiger partial charge in [0.1, 0.15) is 0 Å². The lowest BCUT2D eigenvalue weighted by molar-refractivity contribution is 0.0949. The Hall–Kier alpha value is -2.54. The van der Waals surface area contributed by atoms with Gasteiger partial charge >= 0.3 is 0 Å². The smallest absolute Gasteiger partial charge is 0.255 e. The van der Waals surface area contributed by atoms with Gasteiger partial charge in [0.05, 0.1) is 23.5 Å². The Bertz CT molecular complexity index is 713. The molecule has 0 unspecified atom stereocenters. The molecule has 7 heteroatoms. The molecule has 0 bridgehead atoms. The molecule has 1 aliphatic rings. The van der Waals surface area contributed by atoms with Gasteiger partial charge in [-0.1, -0.05) is 13.0 Å². The van der Waals surface area contributed by atoms with Crippen molar-refractivity contribution in [1.29, 1.82) is 0 Å². The third kappa shape index (κ3) is 4.30. The molecule has 1 N–H and O–H groups in total. The summed E-state index contributed by atoms with van der Waals surface area (Å²) in [7, 11) is 0. The number of pyridine rings is 1. The zero-order chi connectivity index (χ0) is 17.6. The van der Waals surface area contributed by atoms with E-state index in [1.165, 1.54) is 0 Å². The molecule has 0 saturated carbocycles. The van der Waals surface area contributed by atoms with E-state index in [1.54, 1.807) is 12.4 Å². The zero-order valence-corrected chi connectivity index (χ0v) is 14.8. The molecule has 1 saturated heterocycles. The van der Waals surface area contributed by atoms with Crippen LogP contribution in [0, 0.1) is 6.92 Å². The van der Waals surface area contributed by atoms with Crippen LogP contribution in [0.1, 0.15) is 28.7 Å². The molecule has 2 aromatic heterocycles. The summed E-state index contributed by atoms with van der Waals surface area (Å²) in [4.78, 5) is 30.1. The summed E-state index contributed by atoms with van der Waals surface area (Å²) in [5.74, 6) is 0.528. The number of likely N-dealkylation sites (N-methyl/N-ethyl adjacent to an activating group) is 1. The quantitative estimate of drug-likeness (QED) is 0.883. The van der Waals surface area contributed by atoms with Crippen molar-refractivity contribution in [1.82, 2.24) is 25.2 Å². The zero-order valence-electron chi connectivity index (χ0n) is 14.8. The molecule has 1 amide bonds.